The van der Waals surface area contributed by atoms with E-state index in [0.717, 1.165) is 17.7 Å². The van der Waals surface area contributed by atoms with Crippen molar-refractivity contribution in [3.05, 3.63) is 17.0 Å². The van der Waals surface area contributed by atoms with Crippen LogP contribution >= 0.6 is 0 Å². The van der Waals surface area contributed by atoms with Crippen LogP contribution < -0.4 is 5.32 Å². The van der Waals surface area contributed by atoms with Gasteiger partial charge in [-0.1, -0.05) is 25.9 Å². The molecule has 1 aliphatic rings. The van der Waals surface area contributed by atoms with Crippen molar-refractivity contribution in [2.24, 2.45) is 5.41 Å². The van der Waals surface area contributed by atoms with Crippen LogP contribution in [0.4, 0.5) is 0 Å². The Bertz CT molecular complexity index is 651. The minimum Gasteiger partial charge on any atom is -0.376 e. The molecule has 1 aromatic rings. The molecule has 0 unspecified atom stereocenters. The molecule has 0 aromatic carbocycles. The van der Waals surface area contributed by atoms with Gasteiger partial charge in [0.05, 0.1) is 25.3 Å². The molecule has 0 radical (unpaired) electrons. The molecular formula is C19H32N4O4. The number of ether oxygens (including phenoxy) is 1. The average molecular weight is 380 g/mol. The van der Waals surface area contributed by atoms with E-state index in [-0.39, 0.29) is 17.2 Å². The number of carbonyl (C=O) groups excluding carboxylic acids is 2. The summed E-state index contributed by atoms with van der Waals surface area (Å²) >= 11 is 0. The summed E-state index contributed by atoms with van der Waals surface area (Å²) < 4.78 is 10.7. The van der Waals surface area contributed by atoms with Gasteiger partial charge in [-0.25, -0.2) is 0 Å². The molecule has 0 spiro atoms. The topological polar surface area (TPSA) is 87.9 Å². The first-order valence-corrected chi connectivity index (χ1v) is 9.43. The molecule has 0 bridgehead atoms. The van der Waals surface area contributed by atoms with Gasteiger partial charge in [0.25, 0.3) is 5.91 Å². The zero-order valence-corrected chi connectivity index (χ0v) is 17.1. The van der Waals surface area contributed by atoms with Gasteiger partial charge in [0, 0.05) is 33.1 Å². The first kappa shape index (κ1) is 21.4. The van der Waals surface area contributed by atoms with Gasteiger partial charge >= 0.3 is 0 Å². The monoisotopic (exact) mass is 380 g/mol. The highest BCUT2D eigenvalue weighted by Crippen LogP contribution is 2.21. The predicted octanol–water partition coefficient (Wildman–Crippen LogP) is 1.30. The number of rotatable bonds is 8. The quantitative estimate of drug-likeness (QED) is 0.731. The van der Waals surface area contributed by atoms with Crippen LogP contribution in [0.2, 0.25) is 0 Å². The van der Waals surface area contributed by atoms with Gasteiger partial charge in [0.1, 0.15) is 5.76 Å². The lowest BCUT2D eigenvalue weighted by Crippen LogP contribution is -2.40. The van der Waals surface area contributed by atoms with Gasteiger partial charge in [-0.05, 0) is 18.9 Å². The number of hydrogen-bond acceptors (Lipinski definition) is 6. The molecule has 0 saturated carbocycles. The molecule has 0 atom stereocenters. The fraction of sp³-hybridized carbons (Fsp3) is 0.737. The summed E-state index contributed by atoms with van der Waals surface area (Å²) in [6, 6.07) is 0. The summed E-state index contributed by atoms with van der Waals surface area (Å²) in [5.41, 5.74) is 1.28. The summed E-state index contributed by atoms with van der Waals surface area (Å²) in [4.78, 5) is 28.1. The second-order valence-electron chi connectivity index (χ2n) is 8.36. The average Bonchev–Trinajstić information content (AvgIpc) is 3.01. The third-order valence-corrected chi connectivity index (χ3v) is 4.57. The van der Waals surface area contributed by atoms with E-state index in [2.05, 4.69) is 31.2 Å². The van der Waals surface area contributed by atoms with Crippen LogP contribution in [0.3, 0.4) is 0 Å². The van der Waals surface area contributed by atoms with Gasteiger partial charge in [0.15, 0.2) is 5.69 Å². The molecule has 152 valence electrons. The zero-order chi connectivity index (χ0) is 20.0. The number of aromatic nitrogens is 1. The molecule has 2 heterocycles. The molecule has 27 heavy (non-hydrogen) atoms. The molecule has 8 heteroatoms. The number of fused-ring (bicyclic) bond motifs is 1. The van der Waals surface area contributed by atoms with E-state index in [1.807, 2.05) is 11.9 Å². The molecule has 1 aromatic heterocycles. The number of carbonyl (C=O) groups is 2. The molecule has 0 aliphatic carbocycles. The van der Waals surface area contributed by atoms with Gasteiger partial charge in [-0.2, -0.15) is 0 Å². The smallest absolute Gasteiger partial charge is 0.276 e. The fourth-order valence-corrected chi connectivity index (χ4v) is 2.76. The number of nitrogens with zero attached hydrogens (tertiary/aromatic N) is 3. The molecule has 8 nitrogen and oxygen atoms in total. The maximum atomic E-state index is 12.6. The molecule has 2 rings (SSSR count). The Morgan fingerprint density at radius 1 is 1.22 bits per heavy atom. The summed E-state index contributed by atoms with van der Waals surface area (Å²) in [6.07, 6.45) is 1.58. The van der Waals surface area contributed by atoms with Crippen LogP contribution in [0, 0.1) is 5.41 Å². The van der Waals surface area contributed by atoms with Crippen molar-refractivity contribution in [1.29, 1.82) is 0 Å². The Kier molecular flexibility index (Phi) is 7.38. The van der Waals surface area contributed by atoms with E-state index in [4.69, 9.17) is 9.26 Å². The second kappa shape index (κ2) is 9.32. The number of nitrogens with one attached hydrogen (secondary N) is 1. The van der Waals surface area contributed by atoms with Crippen molar-refractivity contribution in [3.63, 3.8) is 0 Å². The van der Waals surface area contributed by atoms with Crippen molar-refractivity contribution in [2.45, 2.75) is 40.2 Å². The van der Waals surface area contributed by atoms with Crippen molar-refractivity contribution < 1.29 is 18.8 Å². The molecule has 0 saturated heterocycles. The number of hydrogen-bond donors (Lipinski definition) is 1. The maximum Gasteiger partial charge on any atom is 0.276 e. The van der Waals surface area contributed by atoms with Crippen LogP contribution in [-0.4, -0.2) is 73.7 Å². The van der Waals surface area contributed by atoms with Crippen molar-refractivity contribution in [3.8, 4) is 0 Å². The standard InChI is InChI=1S/C19H32N4O4/c1-19(2,3)7-8-20-16(24)12-22(4)9-10-23(5)18(25)17-14-13-26-11-6-15(14)27-21-17/h6-13H2,1-5H3,(H,20,24). The number of amides is 2. The highest BCUT2D eigenvalue weighted by molar-refractivity contribution is 5.93. The normalized spacial score (nSPS) is 14.1. The minimum absolute atomic E-state index is 0.00144. The largest absolute Gasteiger partial charge is 0.376 e. The minimum atomic E-state index is -0.187. The summed E-state index contributed by atoms with van der Waals surface area (Å²) in [5.74, 6) is 0.550. The lowest BCUT2D eigenvalue weighted by molar-refractivity contribution is -0.122. The van der Waals surface area contributed by atoms with E-state index in [9.17, 15) is 9.59 Å². The van der Waals surface area contributed by atoms with Gasteiger partial charge < -0.3 is 19.5 Å². The van der Waals surface area contributed by atoms with Crippen molar-refractivity contribution in [1.82, 2.24) is 20.3 Å². The maximum absolute atomic E-state index is 12.6. The Hall–Kier alpha value is -1.93. The van der Waals surface area contributed by atoms with Gasteiger partial charge in [-0.15, -0.1) is 0 Å². The number of likely N-dealkylation sites (N-methyl/N-ethyl adjacent to an activating group) is 2. The fourth-order valence-electron chi connectivity index (χ4n) is 2.76. The SMILES string of the molecule is CN(CCN(C)C(=O)c1noc2c1COCC2)CC(=O)NCCC(C)(C)C. The highest BCUT2D eigenvalue weighted by Gasteiger charge is 2.26. The van der Waals surface area contributed by atoms with E-state index >= 15 is 0 Å². The third-order valence-electron chi connectivity index (χ3n) is 4.57. The Balaban J connectivity index is 1.74. The van der Waals surface area contributed by atoms with Crippen LogP contribution in [0.1, 0.15) is 49.0 Å². The first-order valence-electron chi connectivity index (χ1n) is 9.43. The van der Waals surface area contributed by atoms with Crippen molar-refractivity contribution in [2.75, 3.05) is 46.9 Å². The van der Waals surface area contributed by atoms with Crippen LogP contribution in [0.15, 0.2) is 4.52 Å². The van der Waals surface area contributed by atoms with Crippen LogP contribution in [0.25, 0.3) is 0 Å². The molecule has 0 fully saturated rings. The highest BCUT2D eigenvalue weighted by atomic mass is 16.5. The Labute approximate surface area is 161 Å². The Morgan fingerprint density at radius 3 is 2.67 bits per heavy atom. The lowest BCUT2D eigenvalue weighted by Gasteiger charge is -2.22. The Morgan fingerprint density at radius 2 is 1.96 bits per heavy atom. The summed E-state index contributed by atoms with van der Waals surface area (Å²) in [7, 11) is 3.60. The van der Waals surface area contributed by atoms with Crippen LogP contribution in [0.5, 0.6) is 0 Å². The van der Waals surface area contributed by atoms with E-state index in [1.54, 1.807) is 11.9 Å². The van der Waals surface area contributed by atoms with Crippen LogP contribution in [-0.2, 0) is 22.6 Å². The third kappa shape index (κ3) is 6.62. The molecule has 2 amide bonds. The first-order chi connectivity index (χ1) is 12.7. The second-order valence-corrected chi connectivity index (χ2v) is 8.36. The molecular weight excluding hydrogens is 348 g/mol. The van der Waals surface area contributed by atoms with E-state index in [0.29, 0.717) is 51.5 Å². The predicted molar refractivity (Wildman–Crippen MR) is 101 cm³/mol. The van der Waals surface area contributed by atoms with Gasteiger partial charge in [0.2, 0.25) is 5.91 Å². The molecule has 1 aliphatic heterocycles. The van der Waals surface area contributed by atoms with Crippen molar-refractivity contribution >= 4 is 11.8 Å². The lowest BCUT2D eigenvalue weighted by atomic mass is 9.92. The molecule has 1 N–H and O–H groups in total. The van der Waals surface area contributed by atoms with E-state index in [1.165, 1.54) is 0 Å². The zero-order valence-electron chi connectivity index (χ0n) is 17.1. The summed E-state index contributed by atoms with van der Waals surface area (Å²) in [6.45, 7) is 9.46. The van der Waals surface area contributed by atoms with Gasteiger partial charge in [-0.3, -0.25) is 14.5 Å². The summed E-state index contributed by atoms with van der Waals surface area (Å²) in [5, 5.41) is 6.86. The van der Waals surface area contributed by atoms with E-state index < -0.39 is 0 Å².